The van der Waals surface area contributed by atoms with E-state index in [1.165, 1.54) is 18.5 Å². The molecule has 2 aromatic rings. The molecule has 0 saturated heterocycles. The van der Waals surface area contributed by atoms with Gasteiger partial charge in [0.15, 0.2) is 5.82 Å². The zero-order chi connectivity index (χ0) is 10.8. The SMILES string of the molecule is CCn1cnnc1-c1cc(F)cc(F)c1. The molecule has 15 heavy (non-hydrogen) atoms. The van der Waals surface area contributed by atoms with Crippen LogP contribution in [0.4, 0.5) is 8.78 Å². The molecule has 0 aliphatic rings. The largest absolute Gasteiger partial charge is 0.314 e. The quantitative estimate of drug-likeness (QED) is 0.759. The van der Waals surface area contributed by atoms with Crippen molar-refractivity contribution in [3.05, 3.63) is 36.2 Å². The molecule has 0 N–H and O–H groups in total. The Bertz CT molecular complexity index is 459. The Labute approximate surface area is 85.4 Å². The highest BCUT2D eigenvalue weighted by Gasteiger charge is 2.08. The van der Waals surface area contributed by atoms with Gasteiger partial charge in [-0.05, 0) is 19.1 Å². The van der Waals surface area contributed by atoms with E-state index in [0.717, 1.165) is 6.07 Å². The molecule has 0 unspecified atom stereocenters. The topological polar surface area (TPSA) is 30.7 Å². The van der Waals surface area contributed by atoms with Crippen molar-refractivity contribution in [2.45, 2.75) is 13.5 Å². The van der Waals surface area contributed by atoms with Gasteiger partial charge in [-0.15, -0.1) is 10.2 Å². The van der Waals surface area contributed by atoms with Gasteiger partial charge in [0.25, 0.3) is 0 Å². The molecule has 1 heterocycles. The summed E-state index contributed by atoms with van der Waals surface area (Å²) in [7, 11) is 0. The third-order valence-corrected chi connectivity index (χ3v) is 2.08. The van der Waals surface area contributed by atoms with Crippen molar-refractivity contribution in [3.63, 3.8) is 0 Å². The van der Waals surface area contributed by atoms with Crippen LogP contribution in [-0.4, -0.2) is 14.8 Å². The van der Waals surface area contributed by atoms with Crippen molar-refractivity contribution in [2.75, 3.05) is 0 Å². The average molecular weight is 209 g/mol. The number of benzene rings is 1. The van der Waals surface area contributed by atoms with Crippen molar-refractivity contribution >= 4 is 0 Å². The van der Waals surface area contributed by atoms with E-state index < -0.39 is 11.6 Å². The summed E-state index contributed by atoms with van der Waals surface area (Å²) in [4.78, 5) is 0. The molecule has 0 aliphatic heterocycles. The number of aryl methyl sites for hydroxylation is 1. The first-order valence-corrected chi connectivity index (χ1v) is 4.55. The summed E-state index contributed by atoms with van der Waals surface area (Å²) in [6.45, 7) is 2.56. The minimum Gasteiger partial charge on any atom is -0.314 e. The third-order valence-electron chi connectivity index (χ3n) is 2.08. The summed E-state index contributed by atoms with van der Waals surface area (Å²) < 4.78 is 27.6. The average Bonchev–Trinajstić information content (AvgIpc) is 2.63. The Balaban J connectivity index is 2.53. The lowest BCUT2D eigenvalue weighted by atomic mass is 10.2. The van der Waals surface area contributed by atoms with Crippen molar-refractivity contribution in [1.82, 2.24) is 14.8 Å². The third kappa shape index (κ3) is 1.86. The fourth-order valence-corrected chi connectivity index (χ4v) is 1.39. The summed E-state index contributed by atoms with van der Waals surface area (Å²) in [5.41, 5.74) is 0.395. The molecule has 0 radical (unpaired) electrons. The fourth-order valence-electron chi connectivity index (χ4n) is 1.39. The van der Waals surface area contributed by atoms with Crippen LogP contribution in [0.3, 0.4) is 0 Å². The molecule has 5 heteroatoms. The predicted octanol–water partition coefficient (Wildman–Crippen LogP) is 2.24. The lowest BCUT2D eigenvalue weighted by Crippen LogP contribution is -1.96. The van der Waals surface area contributed by atoms with E-state index in [1.807, 2.05) is 6.92 Å². The van der Waals surface area contributed by atoms with E-state index in [-0.39, 0.29) is 0 Å². The Hall–Kier alpha value is -1.78. The second-order valence-electron chi connectivity index (χ2n) is 3.10. The van der Waals surface area contributed by atoms with Crippen LogP contribution in [0.25, 0.3) is 11.4 Å². The number of hydrogen-bond acceptors (Lipinski definition) is 2. The Morgan fingerprint density at radius 1 is 1.20 bits per heavy atom. The summed E-state index contributed by atoms with van der Waals surface area (Å²) in [6.07, 6.45) is 1.53. The Morgan fingerprint density at radius 2 is 1.87 bits per heavy atom. The van der Waals surface area contributed by atoms with Crippen molar-refractivity contribution < 1.29 is 8.78 Å². The lowest BCUT2D eigenvalue weighted by molar-refractivity contribution is 0.583. The molecule has 1 aromatic heterocycles. The summed E-state index contributed by atoms with van der Waals surface area (Å²) in [5, 5.41) is 7.52. The number of halogens is 2. The second-order valence-corrected chi connectivity index (χ2v) is 3.10. The van der Waals surface area contributed by atoms with Gasteiger partial charge in [0.05, 0.1) is 0 Å². The van der Waals surface area contributed by atoms with Gasteiger partial charge in [-0.1, -0.05) is 0 Å². The molecule has 0 saturated carbocycles. The van der Waals surface area contributed by atoms with Crippen molar-refractivity contribution in [1.29, 1.82) is 0 Å². The minimum atomic E-state index is -0.615. The molecule has 78 valence electrons. The van der Waals surface area contributed by atoms with Gasteiger partial charge >= 0.3 is 0 Å². The van der Waals surface area contributed by atoms with Crippen LogP contribution in [0, 0.1) is 11.6 Å². The van der Waals surface area contributed by atoms with Crippen molar-refractivity contribution in [2.24, 2.45) is 0 Å². The molecular weight excluding hydrogens is 200 g/mol. The molecule has 2 rings (SSSR count). The number of hydrogen-bond donors (Lipinski definition) is 0. The molecule has 3 nitrogen and oxygen atoms in total. The first-order valence-electron chi connectivity index (χ1n) is 4.55. The first-order chi connectivity index (χ1) is 7.20. The molecule has 0 fully saturated rings. The molecule has 0 bridgehead atoms. The second kappa shape index (κ2) is 3.76. The maximum Gasteiger partial charge on any atom is 0.163 e. The number of aromatic nitrogens is 3. The number of rotatable bonds is 2. The van der Waals surface area contributed by atoms with Crippen LogP contribution >= 0.6 is 0 Å². The fraction of sp³-hybridized carbons (Fsp3) is 0.200. The van der Waals surface area contributed by atoms with Gasteiger partial charge in [0.2, 0.25) is 0 Å². The monoisotopic (exact) mass is 209 g/mol. The van der Waals surface area contributed by atoms with Crippen LogP contribution < -0.4 is 0 Å². The zero-order valence-corrected chi connectivity index (χ0v) is 8.11. The van der Waals surface area contributed by atoms with E-state index in [9.17, 15) is 8.78 Å². The maximum atomic E-state index is 13.0. The molecule has 0 amide bonds. The number of nitrogens with zero attached hydrogens (tertiary/aromatic N) is 3. The normalized spacial score (nSPS) is 10.6. The van der Waals surface area contributed by atoms with E-state index in [1.54, 1.807) is 4.57 Å². The summed E-state index contributed by atoms with van der Waals surface area (Å²) in [5.74, 6) is -0.762. The standard InChI is InChI=1S/C10H9F2N3/c1-2-15-6-13-14-10(15)7-3-8(11)5-9(12)4-7/h3-6H,2H2,1H3. The first kappa shape index (κ1) is 9.76. The molecule has 1 aromatic carbocycles. The lowest BCUT2D eigenvalue weighted by Gasteiger charge is -2.03. The highest BCUT2D eigenvalue weighted by atomic mass is 19.1. The van der Waals surface area contributed by atoms with Gasteiger partial charge in [0, 0.05) is 18.2 Å². The van der Waals surface area contributed by atoms with Crippen LogP contribution in [0.5, 0.6) is 0 Å². The Kier molecular flexibility index (Phi) is 2.45. The summed E-state index contributed by atoms with van der Waals surface area (Å²) in [6, 6.07) is 3.30. The van der Waals surface area contributed by atoms with Gasteiger partial charge < -0.3 is 4.57 Å². The van der Waals surface area contributed by atoms with Gasteiger partial charge in [-0.25, -0.2) is 8.78 Å². The highest BCUT2D eigenvalue weighted by Crippen LogP contribution is 2.19. The highest BCUT2D eigenvalue weighted by molar-refractivity contribution is 5.55. The van der Waals surface area contributed by atoms with Crippen LogP contribution in [0.2, 0.25) is 0 Å². The van der Waals surface area contributed by atoms with Crippen LogP contribution in [0.1, 0.15) is 6.92 Å². The van der Waals surface area contributed by atoms with E-state index >= 15 is 0 Å². The van der Waals surface area contributed by atoms with Crippen molar-refractivity contribution in [3.8, 4) is 11.4 Å². The van der Waals surface area contributed by atoms with E-state index in [2.05, 4.69) is 10.2 Å². The van der Waals surface area contributed by atoms with Crippen LogP contribution in [0.15, 0.2) is 24.5 Å². The molecule has 0 spiro atoms. The predicted molar refractivity (Wildman–Crippen MR) is 51.0 cm³/mol. The minimum absolute atomic E-state index is 0.395. The maximum absolute atomic E-state index is 13.0. The summed E-state index contributed by atoms with van der Waals surface area (Å²) >= 11 is 0. The van der Waals surface area contributed by atoms with Crippen LogP contribution in [-0.2, 0) is 6.54 Å². The van der Waals surface area contributed by atoms with Gasteiger partial charge in [-0.2, -0.15) is 0 Å². The Morgan fingerprint density at radius 3 is 2.47 bits per heavy atom. The zero-order valence-electron chi connectivity index (χ0n) is 8.11. The molecule has 0 aliphatic carbocycles. The van der Waals surface area contributed by atoms with Gasteiger partial charge in [-0.3, -0.25) is 0 Å². The van der Waals surface area contributed by atoms with E-state index in [0.29, 0.717) is 17.9 Å². The van der Waals surface area contributed by atoms with Gasteiger partial charge in [0.1, 0.15) is 18.0 Å². The molecule has 0 atom stereocenters. The van der Waals surface area contributed by atoms with E-state index in [4.69, 9.17) is 0 Å². The smallest absolute Gasteiger partial charge is 0.163 e. The molecular formula is C10H9F2N3.